The monoisotopic (exact) mass is 205 g/mol. The van der Waals surface area contributed by atoms with Crippen molar-refractivity contribution >= 4 is 5.91 Å². The van der Waals surface area contributed by atoms with Crippen molar-refractivity contribution in [3.8, 4) is 0 Å². The van der Waals surface area contributed by atoms with Crippen LogP contribution in [0.1, 0.15) is 24.0 Å². The lowest BCUT2D eigenvalue weighted by Gasteiger charge is -2.20. The van der Waals surface area contributed by atoms with Crippen LogP contribution in [0.5, 0.6) is 0 Å². The highest BCUT2D eigenvalue weighted by molar-refractivity contribution is 5.77. The van der Waals surface area contributed by atoms with E-state index in [4.69, 9.17) is 5.73 Å². The number of aliphatic hydroxyl groups is 1. The molecular formula is C12H15NO2. The van der Waals surface area contributed by atoms with Crippen LogP contribution in [0.15, 0.2) is 24.3 Å². The number of hydrogen-bond acceptors (Lipinski definition) is 2. The van der Waals surface area contributed by atoms with Crippen LogP contribution in [0, 0.1) is 5.92 Å². The van der Waals surface area contributed by atoms with Crippen molar-refractivity contribution in [2.75, 3.05) is 0 Å². The van der Waals surface area contributed by atoms with Crippen LogP contribution >= 0.6 is 0 Å². The van der Waals surface area contributed by atoms with E-state index in [2.05, 4.69) is 0 Å². The van der Waals surface area contributed by atoms with Gasteiger partial charge in [-0.05, 0) is 17.5 Å². The highest BCUT2D eigenvalue weighted by Crippen LogP contribution is 2.38. The lowest BCUT2D eigenvalue weighted by atomic mass is 9.87. The van der Waals surface area contributed by atoms with Gasteiger partial charge in [-0.3, -0.25) is 4.79 Å². The molecule has 3 atom stereocenters. The molecule has 2 unspecified atom stereocenters. The van der Waals surface area contributed by atoms with Gasteiger partial charge in [-0.2, -0.15) is 0 Å². The first-order valence-corrected chi connectivity index (χ1v) is 5.16. The van der Waals surface area contributed by atoms with E-state index in [0.717, 1.165) is 11.1 Å². The van der Waals surface area contributed by atoms with E-state index in [1.54, 1.807) is 6.92 Å². The average Bonchev–Trinajstić information content (AvgIpc) is 2.52. The Labute approximate surface area is 88.9 Å². The highest BCUT2D eigenvalue weighted by Gasteiger charge is 2.36. The predicted octanol–water partition coefficient (Wildman–Crippen LogP) is 0.809. The number of fused-ring (bicyclic) bond motifs is 1. The van der Waals surface area contributed by atoms with Gasteiger partial charge in [0.2, 0.25) is 5.91 Å². The number of hydrogen-bond donors (Lipinski definition) is 2. The zero-order valence-corrected chi connectivity index (χ0v) is 8.68. The summed E-state index contributed by atoms with van der Waals surface area (Å²) in [6, 6.07) is 7.84. The van der Waals surface area contributed by atoms with Crippen LogP contribution in [-0.4, -0.2) is 17.1 Å². The minimum Gasteiger partial charge on any atom is -0.392 e. The van der Waals surface area contributed by atoms with Crippen LogP contribution in [-0.2, 0) is 11.2 Å². The van der Waals surface area contributed by atoms with E-state index in [0.29, 0.717) is 6.42 Å². The van der Waals surface area contributed by atoms with Gasteiger partial charge in [-0.15, -0.1) is 0 Å². The normalized spacial score (nSPS) is 26.0. The van der Waals surface area contributed by atoms with Gasteiger partial charge in [0, 0.05) is 11.8 Å². The molecule has 0 aliphatic heterocycles. The molecule has 1 aliphatic carbocycles. The number of nitrogens with two attached hydrogens (primary N) is 1. The Morgan fingerprint density at radius 1 is 1.53 bits per heavy atom. The van der Waals surface area contributed by atoms with Gasteiger partial charge in [0.05, 0.1) is 6.10 Å². The molecule has 0 bridgehead atoms. The topological polar surface area (TPSA) is 63.3 Å². The van der Waals surface area contributed by atoms with Crippen LogP contribution in [0.4, 0.5) is 0 Å². The van der Waals surface area contributed by atoms with E-state index in [-0.39, 0.29) is 17.7 Å². The third-order valence-electron chi connectivity index (χ3n) is 3.25. The van der Waals surface area contributed by atoms with E-state index in [1.807, 2.05) is 24.3 Å². The summed E-state index contributed by atoms with van der Waals surface area (Å²) in [4.78, 5) is 11.2. The molecule has 0 fully saturated rings. The molecule has 0 saturated heterocycles. The zero-order valence-electron chi connectivity index (χ0n) is 8.68. The predicted molar refractivity (Wildman–Crippen MR) is 57.3 cm³/mol. The van der Waals surface area contributed by atoms with E-state index < -0.39 is 6.10 Å². The molecule has 0 radical (unpaired) electrons. The molecule has 3 nitrogen and oxygen atoms in total. The largest absolute Gasteiger partial charge is 0.392 e. The Hall–Kier alpha value is -1.35. The summed E-state index contributed by atoms with van der Waals surface area (Å²) in [6.45, 7) is 1.78. The molecule has 1 aliphatic rings. The van der Waals surface area contributed by atoms with Gasteiger partial charge in [0.25, 0.3) is 0 Å². The lowest BCUT2D eigenvalue weighted by Crippen LogP contribution is -2.30. The van der Waals surface area contributed by atoms with Gasteiger partial charge in [0.15, 0.2) is 0 Å². The molecule has 0 heterocycles. The van der Waals surface area contributed by atoms with Gasteiger partial charge in [0.1, 0.15) is 0 Å². The first-order chi connectivity index (χ1) is 7.11. The Morgan fingerprint density at radius 3 is 2.87 bits per heavy atom. The summed E-state index contributed by atoms with van der Waals surface area (Å²) in [6.07, 6.45) is 0.142. The molecule has 80 valence electrons. The van der Waals surface area contributed by atoms with Crippen LogP contribution < -0.4 is 5.73 Å². The van der Waals surface area contributed by atoms with E-state index in [1.165, 1.54) is 0 Å². The van der Waals surface area contributed by atoms with Crippen LogP contribution in [0.3, 0.4) is 0 Å². The SMILES string of the molecule is CC(C(N)=O)C1c2ccccc2C[C@H]1O. The molecule has 15 heavy (non-hydrogen) atoms. The van der Waals surface area contributed by atoms with Crippen molar-refractivity contribution in [3.05, 3.63) is 35.4 Å². The molecule has 3 N–H and O–H groups in total. The summed E-state index contributed by atoms with van der Waals surface area (Å²) < 4.78 is 0. The fourth-order valence-corrected chi connectivity index (χ4v) is 2.38. The third kappa shape index (κ3) is 1.63. The second-order valence-corrected chi connectivity index (χ2v) is 4.19. The van der Waals surface area contributed by atoms with Crippen LogP contribution in [0.2, 0.25) is 0 Å². The van der Waals surface area contributed by atoms with E-state index >= 15 is 0 Å². The standard InChI is InChI=1S/C12H15NO2/c1-7(12(13)15)11-9-5-3-2-4-8(9)6-10(11)14/h2-5,7,10-11,14H,6H2,1H3,(H2,13,15)/t7?,10-,11?/m1/s1. The number of primary amides is 1. The summed E-state index contributed by atoms with van der Waals surface area (Å²) in [5.41, 5.74) is 7.48. The van der Waals surface area contributed by atoms with Gasteiger partial charge < -0.3 is 10.8 Å². The molecule has 1 aromatic carbocycles. The quantitative estimate of drug-likeness (QED) is 0.750. The molecule has 2 rings (SSSR count). The molecule has 0 saturated carbocycles. The van der Waals surface area contributed by atoms with Crippen molar-refractivity contribution < 1.29 is 9.90 Å². The lowest BCUT2D eigenvalue weighted by molar-refractivity contribution is -0.122. The fraction of sp³-hybridized carbons (Fsp3) is 0.417. The second-order valence-electron chi connectivity index (χ2n) is 4.19. The maximum absolute atomic E-state index is 11.2. The van der Waals surface area contributed by atoms with Gasteiger partial charge >= 0.3 is 0 Å². The average molecular weight is 205 g/mol. The maximum atomic E-state index is 11.2. The first kappa shape index (κ1) is 10.2. The summed E-state index contributed by atoms with van der Waals surface area (Å²) in [5, 5.41) is 9.92. The third-order valence-corrected chi connectivity index (χ3v) is 3.25. The zero-order chi connectivity index (χ0) is 11.0. The number of carbonyl (C=O) groups excluding carboxylic acids is 1. The van der Waals surface area contributed by atoms with Crippen molar-refractivity contribution in [3.63, 3.8) is 0 Å². The minimum atomic E-state index is -0.482. The Morgan fingerprint density at radius 2 is 2.20 bits per heavy atom. The van der Waals surface area contributed by atoms with Crippen molar-refractivity contribution in [1.82, 2.24) is 0 Å². The number of rotatable bonds is 2. The smallest absolute Gasteiger partial charge is 0.220 e. The number of aliphatic hydroxyl groups excluding tert-OH is 1. The summed E-state index contributed by atoms with van der Waals surface area (Å²) >= 11 is 0. The highest BCUT2D eigenvalue weighted by atomic mass is 16.3. The minimum absolute atomic E-state index is 0.140. The molecule has 3 heteroatoms. The Balaban J connectivity index is 2.37. The van der Waals surface area contributed by atoms with Gasteiger partial charge in [-0.1, -0.05) is 31.2 Å². The molecule has 0 spiro atoms. The molecule has 1 aromatic rings. The summed E-state index contributed by atoms with van der Waals surface area (Å²) in [7, 11) is 0. The van der Waals surface area contributed by atoms with Gasteiger partial charge in [-0.25, -0.2) is 0 Å². The van der Waals surface area contributed by atoms with Crippen molar-refractivity contribution in [2.45, 2.75) is 25.4 Å². The van der Waals surface area contributed by atoms with Crippen molar-refractivity contribution in [2.24, 2.45) is 11.7 Å². The molecule has 0 aromatic heterocycles. The summed E-state index contributed by atoms with van der Waals surface area (Å²) in [5.74, 6) is -0.807. The van der Waals surface area contributed by atoms with Crippen LogP contribution in [0.25, 0.3) is 0 Å². The number of amides is 1. The Bertz CT molecular complexity index is 389. The molecular weight excluding hydrogens is 190 g/mol. The number of benzene rings is 1. The molecule has 1 amide bonds. The van der Waals surface area contributed by atoms with Crippen molar-refractivity contribution in [1.29, 1.82) is 0 Å². The van der Waals surface area contributed by atoms with E-state index in [9.17, 15) is 9.90 Å². The maximum Gasteiger partial charge on any atom is 0.220 e. The second kappa shape index (κ2) is 3.66. The Kier molecular flexibility index (Phi) is 2.49. The number of carbonyl (C=O) groups is 1. The first-order valence-electron chi connectivity index (χ1n) is 5.16. The fourth-order valence-electron chi connectivity index (χ4n) is 2.38.